The monoisotopic (exact) mass is 396 g/mol. The number of rotatable bonds is 6. The molecule has 0 aromatic heterocycles. The SMILES string of the molecule is Cc1cc(C)c(S(=O)(=O)NCc2ccc(S(=O)(=O)N(C)C)cc2)c(C)c1. The molecule has 2 aromatic rings. The number of sulfonamides is 2. The zero-order valence-corrected chi connectivity index (χ0v) is 17.2. The van der Waals surface area contributed by atoms with Crippen LogP contribution in [-0.4, -0.2) is 35.2 Å². The molecule has 0 radical (unpaired) electrons. The van der Waals surface area contributed by atoms with Crippen molar-refractivity contribution < 1.29 is 16.8 Å². The van der Waals surface area contributed by atoms with Crippen molar-refractivity contribution in [3.8, 4) is 0 Å². The fourth-order valence-electron chi connectivity index (χ4n) is 2.83. The lowest BCUT2D eigenvalue weighted by molar-refractivity contribution is 0.520. The molecule has 0 spiro atoms. The van der Waals surface area contributed by atoms with Gasteiger partial charge in [0.1, 0.15) is 0 Å². The Morgan fingerprint density at radius 2 is 1.38 bits per heavy atom. The lowest BCUT2D eigenvalue weighted by Gasteiger charge is -2.14. The highest BCUT2D eigenvalue weighted by Gasteiger charge is 2.20. The van der Waals surface area contributed by atoms with E-state index in [1.807, 2.05) is 19.1 Å². The molecule has 26 heavy (non-hydrogen) atoms. The van der Waals surface area contributed by atoms with Gasteiger partial charge in [-0.1, -0.05) is 29.8 Å². The summed E-state index contributed by atoms with van der Waals surface area (Å²) in [6, 6.07) is 9.83. The first-order valence-corrected chi connectivity index (χ1v) is 11.0. The first-order chi connectivity index (χ1) is 11.9. The topological polar surface area (TPSA) is 83.5 Å². The van der Waals surface area contributed by atoms with Crippen LogP contribution in [0.2, 0.25) is 0 Å². The van der Waals surface area contributed by atoms with Crippen LogP contribution in [-0.2, 0) is 26.6 Å². The van der Waals surface area contributed by atoms with Gasteiger partial charge in [-0.15, -0.1) is 0 Å². The maximum Gasteiger partial charge on any atom is 0.242 e. The molecule has 0 fully saturated rings. The zero-order valence-electron chi connectivity index (χ0n) is 15.6. The number of hydrogen-bond donors (Lipinski definition) is 1. The Morgan fingerprint density at radius 3 is 1.85 bits per heavy atom. The van der Waals surface area contributed by atoms with Crippen LogP contribution < -0.4 is 4.72 Å². The van der Waals surface area contributed by atoms with Crippen molar-refractivity contribution in [3.05, 3.63) is 58.7 Å². The lowest BCUT2D eigenvalue weighted by Crippen LogP contribution is -2.25. The van der Waals surface area contributed by atoms with E-state index in [9.17, 15) is 16.8 Å². The predicted octanol–water partition coefficient (Wildman–Crippen LogP) is 2.34. The highest BCUT2D eigenvalue weighted by Crippen LogP contribution is 2.22. The Balaban J connectivity index is 2.21. The van der Waals surface area contributed by atoms with Gasteiger partial charge in [0.05, 0.1) is 9.79 Å². The summed E-state index contributed by atoms with van der Waals surface area (Å²) in [6.07, 6.45) is 0. The van der Waals surface area contributed by atoms with Gasteiger partial charge < -0.3 is 0 Å². The van der Waals surface area contributed by atoms with Crippen LogP contribution in [0.25, 0.3) is 0 Å². The van der Waals surface area contributed by atoms with Crippen LogP contribution in [0, 0.1) is 20.8 Å². The molecule has 0 atom stereocenters. The van der Waals surface area contributed by atoms with Crippen molar-refractivity contribution >= 4 is 20.0 Å². The van der Waals surface area contributed by atoms with Gasteiger partial charge in [-0.2, -0.15) is 0 Å². The van der Waals surface area contributed by atoms with Crippen molar-refractivity contribution in [2.45, 2.75) is 37.1 Å². The van der Waals surface area contributed by atoms with Crippen molar-refractivity contribution in [2.75, 3.05) is 14.1 Å². The van der Waals surface area contributed by atoms with Gasteiger partial charge in [0.2, 0.25) is 20.0 Å². The molecule has 8 heteroatoms. The third-order valence-corrected chi connectivity index (χ3v) is 7.58. The van der Waals surface area contributed by atoms with E-state index in [4.69, 9.17) is 0 Å². The predicted molar refractivity (Wildman–Crippen MR) is 102 cm³/mol. The molecule has 142 valence electrons. The van der Waals surface area contributed by atoms with Gasteiger partial charge >= 0.3 is 0 Å². The molecule has 2 aromatic carbocycles. The van der Waals surface area contributed by atoms with E-state index in [2.05, 4.69) is 4.72 Å². The van der Waals surface area contributed by atoms with E-state index in [-0.39, 0.29) is 16.3 Å². The van der Waals surface area contributed by atoms with Crippen molar-refractivity contribution in [2.24, 2.45) is 0 Å². The van der Waals surface area contributed by atoms with E-state index < -0.39 is 20.0 Å². The summed E-state index contributed by atoms with van der Waals surface area (Å²) >= 11 is 0. The first-order valence-electron chi connectivity index (χ1n) is 8.04. The zero-order chi connectivity index (χ0) is 19.7. The number of benzene rings is 2. The second-order valence-corrected chi connectivity index (χ2v) is 10.3. The fourth-order valence-corrected chi connectivity index (χ4v) is 5.20. The van der Waals surface area contributed by atoms with Gasteiger partial charge in [-0.3, -0.25) is 0 Å². The Morgan fingerprint density at radius 1 is 0.885 bits per heavy atom. The normalized spacial score (nSPS) is 12.5. The maximum atomic E-state index is 12.7. The van der Waals surface area contributed by atoms with E-state index in [0.29, 0.717) is 16.7 Å². The first kappa shape index (κ1) is 20.6. The number of nitrogens with zero attached hydrogens (tertiary/aromatic N) is 1. The van der Waals surface area contributed by atoms with Crippen molar-refractivity contribution in [3.63, 3.8) is 0 Å². The fraction of sp³-hybridized carbons (Fsp3) is 0.333. The highest BCUT2D eigenvalue weighted by molar-refractivity contribution is 7.89. The maximum absolute atomic E-state index is 12.7. The van der Waals surface area contributed by atoms with Crippen molar-refractivity contribution in [1.82, 2.24) is 9.03 Å². The molecule has 0 saturated heterocycles. The molecule has 2 rings (SSSR count). The molecule has 0 amide bonds. The van der Waals surface area contributed by atoms with E-state index in [0.717, 1.165) is 9.87 Å². The molecule has 0 heterocycles. The van der Waals surface area contributed by atoms with Crippen LogP contribution in [0.3, 0.4) is 0 Å². The Labute approximate surface area is 156 Å². The molecular weight excluding hydrogens is 372 g/mol. The Bertz CT molecular complexity index is 987. The minimum Gasteiger partial charge on any atom is -0.207 e. The summed E-state index contributed by atoms with van der Waals surface area (Å²) in [5.74, 6) is 0. The second-order valence-electron chi connectivity index (χ2n) is 6.48. The van der Waals surface area contributed by atoms with Gasteiger partial charge in [-0.05, 0) is 49.6 Å². The van der Waals surface area contributed by atoms with Crippen LogP contribution in [0.1, 0.15) is 22.3 Å². The summed E-state index contributed by atoms with van der Waals surface area (Å²) in [6.45, 7) is 5.55. The number of nitrogens with one attached hydrogen (secondary N) is 1. The summed E-state index contributed by atoms with van der Waals surface area (Å²) in [5.41, 5.74) is 3.08. The molecule has 0 saturated carbocycles. The molecule has 0 aliphatic heterocycles. The van der Waals surface area contributed by atoms with E-state index >= 15 is 0 Å². The van der Waals surface area contributed by atoms with Crippen molar-refractivity contribution in [1.29, 1.82) is 0 Å². The van der Waals surface area contributed by atoms with Crippen LogP contribution in [0.5, 0.6) is 0 Å². The molecule has 1 N–H and O–H groups in total. The summed E-state index contributed by atoms with van der Waals surface area (Å²) in [5, 5.41) is 0. The van der Waals surface area contributed by atoms with Gasteiger partial charge in [-0.25, -0.2) is 25.9 Å². The second kappa shape index (κ2) is 7.48. The highest BCUT2D eigenvalue weighted by atomic mass is 32.2. The van der Waals surface area contributed by atoms with Crippen LogP contribution >= 0.6 is 0 Å². The smallest absolute Gasteiger partial charge is 0.207 e. The number of aryl methyl sites for hydroxylation is 3. The van der Waals surface area contributed by atoms with Gasteiger partial charge in [0, 0.05) is 20.6 Å². The third-order valence-electron chi connectivity index (χ3n) is 4.04. The lowest BCUT2D eigenvalue weighted by atomic mass is 10.1. The standard InChI is InChI=1S/C18H24N2O4S2/c1-13-10-14(2)18(15(3)11-13)25(21,22)19-12-16-6-8-17(9-7-16)26(23,24)20(4)5/h6-11,19H,12H2,1-5H3. The summed E-state index contributed by atoms with van der Waals surface area (Å²) < 4.78 is 53.2. The molecular formula is C18H24N2O4S2. The minimum atomic E-state index is -3.67. The van der Waals surface area contributed by atoms with Gasteiger partial charge in [0.15, 0.2) is 0 Å². The van der Waals surface area contributed by atoms with Gasteiger partial charge in [0.25, 0.3) is 0 Å². The Kier molecular flexibility index (Phi) is 5.92. The summed E-state index contributed by atoms with van der Waals surface area (Å²) in [7, 11) is -4.24. The molecule has 0 unspecified atom stereocenters. The Hall–Kier alpha value is -1.74. The molecule has 0 aliphatic rings. The molecule has 0 bridgehead atoms. The van der Waals surface area contributed by atoms with E-state index in [1.54, 1.807) is 26.0 Å². The quantitative estimate of drug-likeness (QED) is 0.812. The average molecular weight is 397 g/mol. The largest absolute Gasteiger partial charge is 0.242 e. The minimum absolute atomic E-state index is 0.0807. The van der Waals surface area contributed by atoms with Crippen LogP contribution in [0.4, 0.5) is 0 Å². The average Bonchev–Trinajstić information content (AvgIpc) is 2.52. The number of hydrogen-bond acceptors (Lipinski definition) is 4. The molecule has 0 aliphatic carbocycles. The van der Waals surface area contributed by atoms with E-state index in [1.165, 1.54) is 26.2 Å². The third kappa shape index (κ3) is 4.32. The van der Waals surface area contributed by atoms with Crippen LogP contribution in [0.15, 0.2) is 46.2 Å². The summed E-state index contributed by atoms with van der Waals surface area (Å²) in [4.78, 5) is 0.453. The molecule has 6 nitrogen and oxygen atoms in total.